The van der Waals surface area contributed by atoms with Crippen LogP contribution in [0.3, 0.4) is 0 Å². The molecule has 0 heterocycles. The van der Waals surface area contributed by atoms with E-state index in [2.05, 4.69) is 35.7 Å². The van der Waals surface area contributed by atoms with Gasteiger partial charge in [0.2, 0.25) is 0 Å². The third kappa shape index (κ3) is 7.42. The Bertz CT molecular complexity index is 722. The Balaban J connectivity index is 1.40. The summed E-state index contributed by atoms with van der Waals surface area (Å²) in [5, 5.41) is 0. The van der Waals surface area contributed by atoms with Gasteiger partial charge in [-0.05, 0) is 92.9 Å². The fourth-order valence-corrected chi connectivity index (χ4v) is 4.94. The lowest BCUT2D eigenvalue weighted by Gasteiger charge is -2.26. The Morgan fingerprint density at radius 1 is 0.967 bits per heavy atom. The van der Waals surface area contributed by atoms with Crippen LogP contribution in [0.1, 0.15) is 82.6 Å². The second-order valence-electron chi connectivity index (χ2n) is 8.88. The van der Waals surface area contributed by atoms with Crippen molar-refractivity contribution in [2.24, 2.45) is 17.8 Å². The molecule has 0 spiro atoms. The SMILES string of the molecule is CCC[C@H]1CC[C@H](/C=C/C#C[C@H]2CC[C@H](c3ccc(OC(F)(F)F)cc3)CC2)CC1. The molecule has 2 aliphatic carbocycles. The van der Waals surface area contributed by atoms with Crippen molar-refractivity contribution in [3.8, 4) is 17.6 Å². The molecular weight excluding hydrogens is 385 g/mol. The van der Waals surface area contributed by atoms with E-state index in [1.165, 1.54) is 50.7 Å². The van der Waals surface area contributed by atoms with Gasteiger partial charge < -0.3 is 4.74 Å². The second-order valence-corrected chi connectivity index (χ2v) is 8.88. The smallest absolute Gasteiger partial charge is 0.406 e. The minimum absolute atomic E-state index is 0.156. The predicted octanol–water partition coefficient (Wildman–Crippen LogP) is 8.03. The van der Waals surface area contributed by atoms with Gasteiger partial charge in [-0.3, -0.25) is 0 Å². The first-order valence-electron chi connectivity index (χ1n) is 11.5. The van der Waals surface area contributed by atoms with E-state index in [9.17, 15) is 13.2 Å². The average Bonchev–Trinajstić information content (AvgIpc) is 2.73. The van der Waals surface area contributed by atoms with Crippen molar-refractivity contribution >= 4 is 0 Å². The van der Waals surface area contributed by atoms with Crippen LogP contribution in [-0.2, 0) is 0 Å². The van der Waals surface area contributed by atoms with Crippen molar-refractivity contribution in [1.29, 1.82) is 0 Å². The summed E-state index contributed by atoms with van der Waals surface area (Å²) >= 11 is 0. The molecule has 30 heavy (non-hydrogen) atoms. The zero-order valence-corrected chi connectivity index (χ0v) is 17.9. The van der Waals surface area contributed by atoms with Crippen LogP contribution in [-0.4, -0.2) is 6.36 Å². The summed E-state index contributed by atoms with van der Waals surface area (Å²) in [5.74, 6) is 9.00. The Kier molecular flexibility index (Phi) is 8.31. The maximum Gasteiger partial charge on any atom is 0.573 e. The standard InChI is InChI=1S/C26H33F3O/c1-2-5-20-8-10-21(11-9-20)6-3-4-7-22-12-14-23(15-13-22)24-16-18-25(19-17-24)30-26(27,28)29/h3,6,16-23H,2,5,8-15H2,1H3/b6-3+/t20-,21-,22-,23-. The zero-order valence-electron chi connectivity index (χ0n) is 17.9. The van der Waals surface area contributed by atoms with Gasteiger partial charge >= 0.3 is 6.36 Å². The fraction of sp³-hybridized carbons (Fsp3) is 0.615. The summed E-state index contributed by atoms with van der Waals surface area (Å²) in [6.07, 6.45) is 11.9. The lowest BCUT2D eigenvalue weighted by molar-refractivity contribution is -0.274. The number of hydrogen-bond acceptors (Lipinski definition) is 1. The van der Waals surface area contributed by atoms with Gasteiger partial charge in [0.25, 0.3) is 0 Å². The van der Waals surface area contributed by atoms with E-state index in [1.54, 1.807) is 12.1 Å². The van der Waals surface area contributed by atoms with Gasteiger partial charge in [-0.2, -0.15) is 0 Å². The van der Waals surface area contributed by atoms with Crippen molar-refractivity contribution in [2.75, 3.05) is 0 Å². The van der Waals surface area contributed by atoms with Crippen LogP contribution in [0.5, 0.6) is 5.75 Å². The van der Waals surface area contributed by atoms with Gasteiger partial charge in [-0.25, -0.2) is 0 Å². The van der Waals surface area contributed by atoms with Gasteiger partial charge in [0.05, 0.1) is 0 Å². The van der Waals surface area contributed by atoms with E-state index >= 15 is 0 Å². The monoisotopic (exact) mass is 418 g/mol. The summed E-state index contributed by atoms with van der Waals surface area (Å²) < 4.78 is 40.8. The number of alkyl halides is 3. The van der Waals surface area contributed by atoms with Crippen LogP contribution in [0.25, 0.3) is 0 Å². The van der Waals surface area contributed by atoms with Crippen LogP contribution in [0.2, 0.25) is 0 Å². The molecule has 2 saturated carbocycles. The highest BCUT2D eigenvalue weighted by Crippen LogP contribution is 2.36. The number of hydrogen-bond donors (Lipinski definition) is 0. The maximum atomic E-state index is 12.3. The highest BCUT2D eigenvalue weighted by Gasteiger charge is 2.31. The first-order valence-corrected chi connectivity index (χ1v) is 11.5. The molecule has 0 unspecified atom stereocenters. The molecule has 1 nitrogen and oxygen atoms in total. The summed E-state index contributed by atoms with van der Waals surface area (Å²) in [6, 6.07) is 6.34. The molecule has 0 aromatic heterocycles. The minimum atomic E-state index is -4.64. The van der Waals surface area contributed by atoms with Crippen molar-refractivity contribution in [3.63, 3.8) is 0 Å². The molecule has 164 valence electrons. The Morgan fingerprint density at radius 3 is 2.23 bits per heavy atom. The highest BCUT2D eigenvalue weighted by molar-refractivity contribution is 5.30. The van der Waals surface area contributed by atoms with Crippen molar-refractivity contribution in [1.82, 2.24) is 0 Å². The molecule has 0 aliphatic heterocycles. The number of halogens is 3. The highest BCUT2D eigenvalue weighted by atomic mass is 19.4. The normalized spacial score (nSPS) is 27.5. The fourth-order valence-electron chi connectivity index (χ4n) is 4.94. The van der Waals surface area contributed by atoms with Crippen LogP contribution >= 0.6 is 0 Å². The maximum absolute atomic E-state index is 12.3. The van der Waals surface area contributed by atoms with E-state index in [-0.39, 0.29) is 5.75 Å². The van der Waals surface area contributed by atoms with E-state index in [0.29, 0.717) is 17.8 Å². The number of benzene rings is 1. The molecule has 0 atom stereocenters. The molecule has 0 amide bonds. The van der Waals surface area contributed by atoms with Crippen molar-refractivity contribution in [3.05, 3.63) is 42.0 Å². The first-order chi connectivity index (χ1) is 14.4. The van der Waals surface area contributed by atoms with Gasteiger partial charge in [0.15, 0.2) is 0 Å². The molecule has 1 aromatic rings. The summed E-state index contributed by atoms with van der Waals surface area (Å²) in [4.78, 5) is 0. The van der Waals surface area contributed by atoms with Crippen molar-refractivity contribution < 1.29 is 17.9 Å². The molecule has 0 radical (unpaired) electrons. The molecule has 2 aliphatic rings. The van der Waals surface area contributed by atoms with Crippen LogP contribution < -0.4 is 4.74 Å². The van der Waals surface area contributed by atoms with E-state index in [1.807, 2.05) is 0 Å². The quantitative estimate of drug-likeness (QED) is 0.440. The van der Waals surface area contributed by atoms with Crippen molar-refractivity contribution in [2.45, 2.75) is 83.4 Å². The Hall–Kier alpha value is -1.89. The van der Waals surface area contributed by atoms with E-state index < -0.39 is 6.36 Å². The minimum Gasteiger partial charge on any atom is -0.406 e. The van der Waals surface area contributed by atoms with Gasteiger partial charge in [0, 0.05) is 5.92 Å². The third-order valence-electron chi connectivity index (χ3n) is 6.64. The summed E-state index contributed by atoms with van der Waals surface area (Å²) in [6.45, 7) is 2.28. The molecule has 0 bridgehead atoms. The molecule has 0 N–H and O–H groups in total. The lowest BCUT2D eigenvalue weighted by Crippen LogP contribution is -2.17. The second kappa shape index (κ2) is 10.9. The largest absolute Gasteiger partial charge is 0.573 e. The van der Waals surface area contributed by atoms with Crippen LogP contribution in [0, 0.1) is 29.6 Å². The van der Waals surface area contributed by atoms with Crippen LogP contribution in [0.15, 0.2) is 36.4 Å². The van der Waals surface area contributed by atoms with Gasteiger partial charge in [-0.1, -0.05) is 49.8 Å². The number of ether oxygens (including phenoxy) is 1. The molecule has 1 aromatic carbocycles. The zero-order chi connectivity index (χ0) is 21.4. The van der Waals surface area contributed by atoms with Gasteiger partial charge in [0.1, 0.15) is 5.75 Å². The van der Waals surface area contributed by atoms with Gasteiger partial charge in [-0.15, -0.1) is 13.2 Å². The molecule has 3 rings (SSSR count). The molecule has 2 fully saturated rings. The first kappa shape index (κ1) is 22.8. The Morgan fingerprint density at radius 2 is 1.63 bits per heavy atom. The molecular formula is C26H33F3O. The number of rotatable bonds is 5. The van der Waals surface area contributed by atoms with Crippen LogP contribution in [0.4, 0.5) is 13.2 Å². The summed E-state index contributed by atoms with van der Waals surface area (Å²) in [5.41, 5.74) is 1.09. The topological polar surface area (TPSA) is 9.23 Å². The predicted molar refractivity (Wildman–Crippen MR) is 115 cm³/mol. The number of allylic oxidation sites excluding steroid dienone is 2. The van der Waals surface area contributed by atoms with E-state index in [0.717, 1.165) is 37.2 Å². The van der Waals surface area contributed by atoms with E-state index in [4.69, 9.17) is 0 Å². The molecule has 4 heteroatoms. The third-order valence-corrected chi connectivity index (χ3v) is 6.64. The summed E-state index contributed by atoms with van der Waals surface area (Å²) in [7, 11) is 0. The average molecular weight is 419 g/mol. The Labute approximate surface area is 179 Å². The molecule has 0 saturated heterocycles. The lowest BCUT2D eigenvalue weighted by atomic mass is 9.79.